The van der Waals surface area contributed by atoms with Crippen molar-refractivity contribution in [1.29, 1.82) is 0 Å². The van der Waals surface area contributed by atoms with Gasteiger partial charge in [-0.25, -0.2) is 9.97 Å². The number of nitrogens with one attached hydrogen (secondary N) is 1. The van der Waals surface area contributed by atoms with Gasteiger partial charge in [-0.05, 0) is 57.2 Å². The number of anilines is 1. The number of aromatic nitrogens is 3. The van der Waals surface area contributed by atoms with E-state index in [0.717, 1.165) is 45.0 Å². The number of halogens is 3. The molecule has 0 aliphatic carbocycles. The van der Waals surface area contributed by atoms with E-state index in [-0.39, 0.29) is 16.7 Å². The van der Waals surface area contributed by atoms with Crippen molar-refractivity contribution in [2.24, 2.45) is 0 Å². The molecular formula is C25H28F3N5O. The topological polar surface area (TPSA) is 63.1 Å². The Morgan fingerprint density at radius 3 is 2.41 bits per heavy atom. The van der Waals surface area contributed by atoms with Gasteiger partial charge in [0.15, 0.2) is 0 Å². The molecule has 1 N–H and O–H groups in total. The maximum atomic E-state index is 13.4. The lowest BCUT2D eigenvalue weighted by molar-refractivity contribution is -0.138. The summed E-state index contributed by atoms with van der Waals surface area (Å²) >= 11 is 0. The Bertz CT molecular complexity index is 1290. The van der Waals surface area contributed by atoms with Crippen molar-refractivity contribution in [3.8, 4) is 0 Å². The summed E-state index contributed by atoms with van der Waals surface area (Å²) < 4.78 is 42.2. The van der Waals surface area contributed by atoms with E-state index < -0.39 is 17.8 Å². The highest BCUT2D eigenvalue weighted by Gasteiger charge is 2.41. The van der Waals surface area contributed by atoms with Gasteiger partial charge in [-0.1, -0.05) is 12.1 Å². The molecule has 6 nitrogen and oxygen atoms in total. The smallest absolute Gasteiger partial charge is 0.363 e. The Labute approximate surface area is 195 Å². The van der Waals surface area contributed by atoms with Crippen molar-refractivity contribution in [3.63, 3.8) is 0 Å². The highest BCUT2D eigenvalue weighted by atomic mass is 19.4. The molecule has 9 heteroatoms. The van der Waals surface area contributed by atoms with E-state index in [1.54, 1.807) is 19.1 Å². The van der Waals surface area contributed by atoms with E-state index in [9.17, 15) is 18.0 Å². The summed E-state index contributed by atoms with van der Waals surface area (Å²) in [5.74, 6) is 1.01. The van der Waals surface area contributed by atoms with E-state index in [4.69, 9.17) is 0 Å². The SMILES string of the molecule is Cc1nc(N[C@@H](C)c2cccc(C(F)(F)F)c2C)c2cn(C34CCN(CC3)CC4)c(=O)cc2n1. The lowest BCUT2D eigenvalue weighted by Crippen LogP contribution is -2.55. The molecule has 3 aliphatic rings. The molecule has 0 saturated carbocycles. The van der Waals surface area contributed by atoms with Gasteiger partial charge in [0.05, 0.1) is 28.0 Å². The molecule has 3 saturated heterocycles. The first-order chi connectivity index (χ1) is 16.1. The molecule has 1 atom stereocenters. The van der Waals surface area contributed by atoms with Crippen LogP contribution in [-0.2, 0) is 11.7 Å². The molecule has 5 heterocycles. The molecular weight excluding hydrogens is 443 g/mol. The fraction of sp³-hybridized carbons (Fsp3) is 0.480. The first-order valence-electron chi connectivity index (χ1n) is 11.6. The van der Waals surface area contributed by atoms with Gasteiger partial charge in [0.2, 0.25) is 0 Å². The van der Waals surface area contributed by atoms with E-state index in [1.807, 2.05) is 17.7 Å². The number of alkyl halides is 3. The van der Waals surface area contributed by atoms with Crippen LogP contribution in [0.2, 0.25) is 0 Å². The normalized spacial score (nSPS) is 23.3. The molecule has 3 aliphatic heterocycles. The van der Waals surface area contributed by atoms with E-state index in [0.29, 0.717) is 28.1 Å². The molecule has 2 bridgehead atoms. The fourth-order valence-electron chi connectivity index (χ4n) is 5.58. The van der Waals surface area contributed by atoms with Crippen LogP contribution in [0.3, 0.4) is 0 Å². The summed E-state index contributed by atoms with van der Waals surface area (Å²) in [6, 6.07) is 5.35. The number of aryl methyl sites for hydroxylation is 1. The maximum absolute atomic E-state index is 13.4. The van der Waals surface area contributed by atoms with Crippen molar-refractivity contribution >= 4 is 16.7 Å². The third kappa shape index (κ3) is 3.85. The lowest BCUT2D eigenvalue weighted by atomic mass is 9.79. The van der Waals surface area contributed by atoms with Gasteiger partial charge < -0.3 is 14.8 Å². The van der Waals surface area contributed by atoms with Crippen molar-refractivity contribution in [2.45, 2.75) is 57.8 Å². The molecule has 34 heavy (non-hydrogen) atoms. The predicted molar refractivity (Wildman–Crippen MR) is 125 cm³/mol. The minimum absolute atomic E-state index is 0.0753. The minimum Gasteiger partial charge on any atom is -0.363 e. The Kier molecular flexibility index (Phi) is 5.42. The van der Waals surface area contributed by atoms with Crippen molar-refractivity contribution in [3.05, 3.63) is 63.3 Å². The average molecular weight is 472 g/mol. The number of hydrogen-bond donors (Lipinski definition) is 1. The second-order valence-corrected chi connectivity index (χ2v) is 9.60. The van der Waals surface area contributed by atoms with Gasteiger partial charge in [0, 0.05) is 31.9 Å². The monoisotopic (exact) mass is 471 g/mol. The zero-order valence-corrected chi connectivity index (χ0v) is 19.5. The molecule has 0 amide bonds. The van der Waals surface area contributed by atoms with Crippen LogP contribution in [0, 0.1) is 13.8 Å². The molecule has 1 aromatic carbocycles. The van der Waals surface area contributed by atoms with Crippen LogP contribution in [0.5, 0.6) is 0 Å². The first kappa shape index (κ1) is 22.8. The second kappa shape index (κ2) is 8.08. The fourth-order valence-corrected chi connectivity index (χ4v) is 5.58. The van der Waals surface area contributed by atoms with Gasteiger partial charge >= 0.3 is 6.18 Å². The van der Waals surface area contributed by atoms with E-state index in [2.05, 4.69) is 20.2 Å². The standard InChI is InChI=1S/C25H28F3N5O/c1-15-18(5-4-6-20(15)25(26,27)28)16(2)29-23-19-14-33(22(34)13-21(19)30-17(3)31-23)24-7-10-32(11-8-24)12-9-24/h4-6,13-14,16H,7-12H2,1-3H3,(H,29,30,31)/t16-/m0/s1. The van der Waals surface area contributed by atoms with Crippen LogP contribution in [0.1, 0.15) is 54.7 Å². The predicted octanol–water partition coefficient (Wildman–Crippen LogP) is 4.80. The lowest BCUT2D eigenvalue weighted by Gasteiger charge is -2.49. The summed E-state index contributed by atoms with van der Waals surface area (Å²) in [6.45, 7) is 7.98. The molecule has 2 aromatic heterocycles. The zero-order valence-electron chi connectivity index (χ0n) is 19.5. The van der Waals surface area contributed by atoms with Crippen molar-refractivity contribution < 1.29 is 13.2 Å². The Balaban J connectivity index is 1.57. The highest BCUT2D eigenvalue weighted by molar-refractivity contribution is 5.88. The van der Waals surface area contributed by atoms with Crippen molar-refractivity contribution in [1.82, 2.24) is 19.4 Å². The first-order valence-corrected chi connectivity index (χ1v) is 11.6. The van der Waals surface area contributed by atoms with Crippen molar-refractivity contribution in [2.75, 3.05) is 25.0 Å². The van der Waals surface area contributed by atoms with Gasteiger partial charge in [-0.2, -0.15) is 13.2 Å². The number of benzene rings is 1. The van der Waals surface area contributed by atoms with Gasteiger partial charge in [0.25, 0.3) is 5.56 Å². The Hall–Kier alpha value is -2.94. The van der Waals surface area contributed by atoms with Crippen LogP contribution in [-0.4, -0.2) is 39.1 Å². The average Bonchev–Trinajstić information content (AvgIpc) is 2.79. The summed E-state index contributed by atoms with van der Waals surface area (Å²) in [7, 11) is 0. The van der Waals surface area contributed by atoms with Gasteiger partial charge in [-0.3, -0.25) is 4.79 Å². The number of pyridine rings is 1. The number of rotatable bonds is 4. The second-order valence-electron chi connectivity index (χ2n) is 9.60. The van der Waals surface area contributed by atoms with Gasteiger partial charge in [-0.15, -0.1) is 0 Å². The largest absolute Gasteiger partial charge is 0.416 e. The van der Waals surface area contributed by atoms with Gasteiger partial charge in [0.1, 0.15) is 11.6 Å². The van der Waals surface area contributed by atoms with E-state index in [1.165, 1.54) is 13.0 Å². The van der Waals surface area contributed by atoms with Crippen LogP contribution < -0.4 is 10.9 Å². The molecule has 3 aromatic rings. The molecule has 0 radical (unpaired) electrons. The van der Waals surface area contributed by atoms with Crippen LogP contribution in [0.15, 0.2) is 35.3 Å². The third-order valence-electron chi connectivity index (χ3n) is 7.53. The third-order valence-corrected chi connectivity index (χ3v) is 7.53. The Morgan fingerprint density at radius 1 is 1.09 bits per heavy atom. The zero-order chi connectivity index (χ0) is 24.3. The molecule has 0 spiro atoms. The number of piperidine rings is 3. The number of fused-ring (bicyclic) bond motifs is 4. The quantitative estimate of drug-likeness (QED) is 0.593. The molecule has 0 unspecified atom stereocenters. The highest BCUT2D eigenvalue weighted by Crippen LogP contribution is 2.39. The number of hydrogen-bond acceptors (Lipinski definition) is 5. The van der Waals surface area contributed by atoms with Crippen LogP contribution in [0.25, 0.3) is 10.9 Å². The Morgan fingerprint density at radius 2 is 1.76 bits per heavy atom. The summed E-state index contributed by atoms with van der Waals surface area (Å²) in [5.41, 5.74) is 0.355. The molecule has 3 fully saturated rings. The minimum atomic E-state index is -4.41. The molecule has 6 rings (SSSR count). The van der Waals surface area contributed by atoms with Crippen LogP contribution >= 0.6 is 0 Å². The number of nitrogens with zero attached hydrogens (tertiary/aromatic N) is 4. The maximum Gasteiger partial charge on any atom is 0.416 e. The van der Waals surface area contributed by atoms with Crippen LogP contribution in [0.4, 0.5) is 19.0 Å². The van der Waals surface area contributed by atoms with E-state index >= 15 is 0 Å². The summed E-state index contributed by atoms with van der Waals surface area (Å²) in [5, 5.41) is 4.01. The summed E-state index contributed by atoms with van der Waals surface area (Å²) in [4.78, 5) is 24.6. The molecule has 180 valence electrons. The summed E-state index contributed by atoms with van der Waals surface area (Å²) in [6.07, 6.45) is 0.213.